The van der Waals surface area contributed by atoms with Crippen LogP contribution in [0.5, 0.6) is 0 Å². The van der Waals surface area contributed by atoms with Crippen LogP contribution < -0.4 is 4.90 Å². The minimum atomic E-state index is 0.395. The van der Waals surface area contributed by atoms with Crippen molar-refractivity contribution in [2.45, 2.75) is 25.7 Å². The van der Waals surface area contributed by atoms with Gasteiger partial charge < -0.3 is 4.90 Å². The Morgan fingerprint density at radius 1 is 1.04 bits per heavy atom. The van der Waals surface area contributed by atoms with E-state index < -0.39 is 0 Å². The maximum Gasteiger partial charge on any atom is 0.225 e. The van der Waals surface area contributed by atoms with Crippen molar-refractivity contribution in [3.05, 3.63) is 60.6 Å². The molecule has 1 aliphatic rings. The van der Waals surface area contributed by atoms with Gasteiger partial charge in [0.1, 0.15) is 11.6 Å². The molecule has 3 aromatic rings. The van der Waals surface area contributed by atoms with Crippen LogP contribution in [0.2, 0.25) is 0 Å². The van der Waals surface area contributed by atoms with E-state index in [1.807, 2.05) is 29.8 Å². The van der Waals surface area contributed by atoms with E-state index in [9.17, 15) is 0 Å². The molecular formula is C18H20N6. The van der Waals surface area contributed by atoms with E-state index in [2.05, 4.69) is 32.0 Å². The molecule has 0 amide bonds. The van der Waals surface area contributed by atoms with Crippen LogP contribution in [0.4, 0.5) is 5.95 Å². The van der Waals surface area contributed by atoms with Crippen molar-refractivity contribution in [1.82, 2.24) is 24.5 Å². The second kappa shape index (κ2) is 6.39. The van der Waals surface area contributed by atoms with Gasteiger partial charge in [0.2, 0.25) is 5.95 Å². The highest BCUT2D eigenvalue weighted by Gasteiger charge is 2.24. The molecule has 1 aliphatic heterocycles. The van der Waals surface area contributed by atoms with Gasteiger partial charge in [-0.1, -0.05) is 6.07 Å². The maximum absolute atomic E-state index is 4.88. The molecule has 1 fully saturated rings. The van der Waals surface area contributed by atoms with Crippen LogP contribution in [0.3, 0.4) is 0 Å². The molecule has 0 aliphatic carbocycles. The molecule has 0 aromatic carbocycles. The highest BCUT2D eigenvalue weighted by Crippen LogP contribution is 2.28. The number of rotatable bonds is 3. The lowest BCUT2D eigenvalue weighted by atomic mass is 9.94. The van der Waals surface area contributed by atoms with Crippen molar-refractivity contribution in [2.24, 2.45) is 0 Å². The van der Waals surface area contributed by atoms with Crippen molar-refractivity contribution < 1.29 is 0 Å². The molecule has 0 saturated carbocycles. The summed E-state index contributed by atoms with van der Waals surface area (Å²) in [6.07, 6.45) is 9.62. The first-order chi connectivity index (χ1) is 11.8. The first kappa shape index (κ1) is 14.8. The molecule has 0 unspecified atom stereocenters. The summed E-state index contributed by atoms with van der Waals surface area (Å²) in [5, 5.41) is 0. The minimum Gasteiger partial charge on any atom is -0.340 e. The molecule has 1 atom stereocenters. The summed E-state index contributed by atoms with van der Waals surface area (Å²) in [7, 11) is 0. The van der Waals surface area contributed by atoms with Gasteiger partial charge in [-0.25, -0.2) is 19.9 Å². The molecule has 6 heteroatoms. The van der Waals surface area contributed by atoms with E-state index in [1.165, 1.54) is 0 Å². The number of aromatic nitrogens is 5. The standard InChI is InChI=1S/C18H20N6/c1-14-19-10-12-24(14)17-7-2-6-16(22-17)15-5-3-11-23(13-15)18-20-8-4-9-21-18/h2,4,6-10,12,15H,3,5,11,13H2,1H3/t15-/m1/s1. The highest BCUT2D eigenvalue weighted by molar-refractivity contribution is 5.33. The second-order valence-electron chi connectivity index (χ2n) is 6.10. The lowest BCUT2D eigenvalue weighted by molar-refractivity contribution is 0.495. The van der Waals surface area contributed by atoms with Crippen molar-refractivity contribution >= 4 is 5.95 Å². The molecule has 122 valence electrons. The summed E-state index contributed by atoms with van der Waals surface area (Å²) in [6, 6.07) is 8.08. The number of aryl methyl sites for hydroxylation is 1. The number of piperidine rings is 1. The van der Waals surface area contributed by atoms with Crippen molar-refractivity contribution in [3.8, 4) is 5.82 Å². The smallest absolute Gasteiger partial charge is 0.225 e. The summed E-state index contributed by atoms with van der Waals surface area (Å²) in [5.41, 5.74) is 1.13. The Balaban J connectivity index is 1.58. The summed E-state index contributed by atoms with van der Waals surface area (Å²) in [5.74, 6) is 3.08. The van der Waals surface area contributed by atoms with E-state index >= 15 is 0 Å². The van der Waals surface area contributed by atoms with Crippen molar-refractivity contribution in [1.29, 1.82) is 0 Å². The van der Waals surface area contributed by atoms with E-state index in [-0.39, 0.29) is 0 Å². The normalized spacial score (nSPS) is 17.9. The minimum absolute atomic E-state index is 0.395. The third-order valence-electron chi connectivity index (χ3n) is 4.50. The zero-order chi connectivity index (χ0) is 16.4. The Morgan fingerprint density at radius 2 is 1.92 bits per heavy atom. The molecule has 0 bridgehead atoms. The van der Waals surface area contributed by atoms with Crippen LogP contribution in [0, 0.1) is 6.92 Å². The van der Waals surface area contributed by atoms with Crippen molar-refractivity contribution in [3.63, 3.8) is 0 Å². The first-order valence-electron chi connectivity index (χ1n) is 8.30. The fraction of sp³-hybridized carbons (Fsp3) is 0.333. The Bertz CT molecular complexity index is 813. The van der Waals surface area contributed by atoms with E-state index in [0.29, 0.717) is 5.92 Å². The van der Waals surface area contributed by atoms with Crippen LogP contribution >= 0.6 is 0 Å². The molecule has 3 aromatic heterocycles. The predicted octanol–water partition coefficient (Wildman–Crippen LogP) is 2.75. The van der Waals surface area contributed by atoms with Crippen LogP contribution in [0.15, 0.2) is 49.1 Å². The number of hydrogen-bond donors (Lipinski definition) is 0. The zero-order valence-corrected chi connectivity index (χ0v) is 13.7. The molecule has 6 nitrogen and oxygen atoms in total. The Kier molecular flexibility index (Phi) is 3.94. The van der Waals surface area contributed by atoms with Gasteiger partial charge in [0.25, 0.3) is 0 Å². The molecule has 4 rings (SSSR count). The zero-order valence-electron chi connectivity index (χ0n) is 13.7. The van der Waals surface area contributed by atoms with E-state index in [4.69, 9.17) is 4.98 Å². The Labute approximate surface area is 141 Å². The fourth-order valence-corrected chi connectivity index (χ4v) is 3.28. The highest BCUT2D eigenvalue weighted by atomic mass is 15.3. The predicted molar refractivity (Wildman–Crippen MR) is 92.3 cm³/mol. The molecule has 24 heavy (non-hydrogen) atoms. The van der Waals surface area contributed by atoms with Crippen LogP contribution in [-0.2, 0) is 0 Å². The topological polar surface area (TPSA) is 59.7 Å². The summed E-state index contributed by atoms with van der Waals surface area (Å²) in [6.45, 7) is 3.90. The third-order valence-corrected chi connectivity index (χ3v) is 4.50. The largest absolute Gasteiger partial charge is 0.340 e. The van der Waals surface area contributed by atoms with Crippen LogP contribution in [0.1, 0.15) is 30.3 Å². The molecule has 0 radical (unpaired) electrons. The lowest BCUT2D eigenvalue weighted by Gasteiger charge is -2.32. The molecule has 0 N–H and O–H groups in total. The van der Waals surface area contributed by atoms with Gasteiger partial charge in [0.05, 0.1) is 0 Å². The van der Waals surface area contributed by atoms with Crippen LogP contribution in [0.25, 0.3) is 5.82 Å². The van der Waals surface area contributed by atoms with Gasteiger partial charge in [-0.2, -0.15) is 0 Å². The molecule has 0 spiro atoms. The van der Waals surface area contributed by atoms with E-state index in [1.54, 1.807) is 18.6 Å². The van der Waals surface area contributed by atoms with Gasteiger partial charge in [-0.15, -0.1) is 0 Å². The Morgan fingerprint density at radius 3 is 2.71 bits per heavy atom. The first-order valence-corrected chi connectivity index (χ1v) is 8.30. The molecular weight excluding hydrogens is 300 g/mol. The number of hydrogen-bond acceptors (Lipinski definition) is 5. The summed E-state index contributed by atoms with van der Waals surface area (Å²) < 4.78 is 2.02. The lowest BCUT2D eigenvalue weighted by Crippen LogP contribution is -2.35. The average molecular weight is 320 g/mol. The monoisotopic (exact) mass is 320 g/mol. The number of pyridine rings is 1. The van der Waals surface area contributed by atoms with Crippen LogP contribution in [-0.4, -0.2) is 37.6 Å². The second-order valence-corrected chi connectivity index (χ2v) is 6.10. The fourth-order valence-electron chi connectivity index (χ4n) is 3.28. The quantitative estimate of drug-likeness (QED) is 0.742. The van der Waals surface area contributed by atoms with Gasteiger partial charge in [-0.3, -0.25) is 4.57 Å². The van der Waals surface area contributed by atoms with Gasteiger partial charge in [-0.05, 0) is 38.0 Å². The SMILES string of the molecule is Cc1nccn1-c1cccc([C@@H]2CCCN(c3ncccn3)C2)n1. The summed E-state index contributed by atoms with van der Waals surface area (Å²) in [4.78, 5) is 20.2. The molecule has 1 saturated heterocycles. The van der Waals surface area contributed by atoms with Crippen molar-refractivity contribution in [2.75, 3.05) is 18.0 Å². The number of imidazole rings is 1. The average Bonchev–Trinajstić information content (AvgIpc) is 3.09. The third kappa shape index (κ3) is 2.87. The van der Waals surface area contributed by atoms with Gasteiger partial charge in [0.15, 0.2) is 0 Å². The van der Waals surface area contributed by atoms with Gasteiger partial charge >= 0.3 is 0 Å². The van der Waals surface area contributed by atoms with Gasteiger partial charge in [0, 0.05) is 49.5 Å². The molecule has 4 heterocycles. The summed E-state index contributed by atoms with van der Waals surface area (Å²) >= 11 is 0. The maximum atomic E-state index is 4.88. The van der Waals surface area contributed by atoms with E-state index in [0.717, 1.165) is 49.2 Å². The number of nitrogens with zero attached hydrogens (tertiary/aromatic N) is 6. The Hall–Kier alpha value is -2.76. The number of anilines is 1.